The molecule has 1 atom stereocenters. The predicted octanol–water partition coefficient (Wildman–Crippen LogP) is 3.39. The predicted molar refractivity (Wildman–Crippen MR) is 101 cm³/mol. The molecule has 1 fully saturated rings. The third-order valence-electron chi connectivity index (χ3n) is 4.67. The van der Waals surface area contributed by atoms with Crippen LogP contribution in [0.1, 0.15) is 24.0 Å². The third kappa shape index (κ3) is 5.37. The fourth-order valence-corrected chi connectivity index (χ4v) is 3.22. The standard InChI is InChI=1S/C21H23FN2O3/c22-19-10-8-17(9-11-19)20(16-5-2-1-3-6-16)23-27-14-13-24-12-4-7-18(15-24)21(25)26/h1-3,5-6,8-11,18H,4,7,12-15H2,(H,25,26)/b23-20+. The van der Waals surface area contributed by atoms with Crippen molar-refractivity contribution in [2.75, 3.05) is 26.2 Å². The SMILES string of the molecule is O=C(O)C1CCCN(CCO/N=C(\c2ccccc2)c2ccc(F)cc2)C1. The molecule has 5 nitrogen and oxygen atoms in total. The van der Waals surface area contributed by atoms with Crippen LogP contribution in [-0.2, 0) is 9.63 Å². The highest BCUT2D eigenvalue weighted by atomic mass is 19.1. The lowest BCUT2D eigenvalue weighted by molar-refractivity contribution is -0.143. The molecule has 1 aliphatic rings. The lowest BCUT2D eigenvalue weighted by Gasteiger charge is -2.29. The minimum Gasteiger partial charge on any atom is -0.481 e. The van der Waals surface area contributed by atoms with Gasteiger partial charge in [-0.05, 0) is 43.7 Å². The van der Waals surface area contributed by atoms with Crippen LogP contribution in [0, 0.1) is 11.7 Å². The number of hydrogen-bond donors (Lipinski definition) is 1. The van der Waals surface area contributed by atoms with Crippen molar-refractivity contribution in [2.24, 2.45) is 11.1 Å². The van der Waals surface area contributed by atoms with Gasteiger partial charge in [-0.3, -0.25) is 9.69 Å². The number of benzene rings is 2. The zero-order valence-electron chi connectivity index (χ0n) is 15.1. The Kier molecular flexibility index (Phi) is 6.54. The molecule has 3 rings (SSSR count). The molecule has 0 saturated carbocycles. The van der Waals surface area contributed by atoms with Crippen LogP contribution in [0.5, 0.6) is 0 Å². The summed E-state index contributed by atoms with van der Waals surface area (Å²) in [6.45, 7) is 2.41. The van der Waals surface area contributed by atoms with E-state index in [1.807, 2.05) is 30.3 Å². The molecule has 6 heteroatoms. The van der Waals surface area contributed by atoms with Gasteiger partial charge in [-0.1, -0.05) is 35.5 Å². The summed E-state index contributed by atoms with van der Waals surface area (Å²) < 4.78 is 13.2. The molecule has 0 spiro atoms. The smallest absolute Gasteiger partial charge is 0.307 e. The summed E-state index contributed by atoms with van der Waals surface area (Å²) in [6.07, 6.45) is 1.61. The number of halogens is 1. The number of carbonyl (C=O) groups is 1. The van der Waals surface area contributed by atoms with Crippen molar-refractivity contribution in [2.45, 2.75) is 12.8 Å². The van der Waals surface area contributed by atoms with Crippen molar-refractivity contribution in [3.05, 3.63) is 71.5 Å². The number of carboxylic acid groups (broad SMARTS) is 1. The number of rotatable bonds is 7. The first-order chi connectivity index (χ1) is 13.1. The first-order valence-electron chi connectivity index (χ1n) is 9.10. The topological polar surface area (TPSA) is 62.1 Å². The van der Waals surface area contributed by atoms with E-state index in [9.17, 15) is 9.18 Å². The maximum atomic E-state index is 13.2. The second-order valence-corrected chi connectivity index (χ2v) is 6.62. The van der Waals surface area contributed by atoms with Crippen LogP contribution in [0.4, 0.5) is 4.39 Å². The number of hydrogen-bond acceptors (Lipinski definition) is 4. The molecule has 2 aromatic carbocycles. The Morgan fingerprint density at radius 2 is 1.85 bits per heavy atom. The average molecular weight is 370 g/mol. The Balaban J connectivity index is 1.64. The summed E-state index contributed by atoms with van der Waals surface area (Å²) >= 11 is 0. The number of oxime groups is 1. The quantitative estimate of drug-likeness (QED) is 0.461. The summed E-state index contributed by atoms with van der Waals surface area (Å²) in [5, 5.41) is 13.4. The van der Waals surface area contributed by atoms with E-state index in [2.05, 4.69) is 10.1 Å². The van der Waals surface area contributed by atoms with Gasteiger partial charge in [0.2, 0.25) is 0 Å². The molecular formula is C21H23FN2O3. The zero-order valence-corrected chi connectivity index (χ0v) is 15.1. The van der Waals surface area contributed by atoms with E-state index in [4.69, 9.17) is 9.94 Å². The van der Waals surface area contributed by atoms with Gasteiger partial charge in [0.1, 0.15) is 18.1 Å². The van der Waals surface area contributed by atoms with Gasteiger partial charge in [0, 0.05) is 24.2 Å². The second-order valence-electron chi connectivity index (χ2n) is 6.62. The molecule has 0 amide bonds. The molecule has 0 aromatic heterocycles. The van der Waals surface area contributed by atoms with Gasteiger partial charge in [-0.2, -0.15) is 0 Å². The average Bonchev–Trinajstić information content (AvgIpc) is 2.70. The monoisotopic (exact) mass is 370 g/mol. The Hall–Kier alpha value is -2.73. The van der Waals surface area contributed by atoms with Crippen LogP contribution in [0.2, 0.25) is 0 Å². The fraction of sp³-hybridized carbons (Fsp3) is 0.333. The van der Waals surface area contributed by atoms with Gasteiger partial charge < -0.3 is 9.94 Å². The summed E-state index contributed by atoms with van der Waals surface area (Å²) in [4.78, 5) is 18.8. The highest BCUT2D eigenvalue weighted by Gasteiger charge is 2.24. The van der Waals surface area contributed by atoms with E-state index in [1.54, 1.807) is 12.1 Å². The maximum absolute atomic E-state index is 13.2. The first-order valence-corrected chi connectivity index (χ1v) is 9.10. The van der Waals surface area contributed by atoms with E-state index in [0.29, 0.717) is 25.4 Å². The van der Waals surface area contributed by atoms with E-state index in [1.165, 1.54) is 12.1 Å². The second kappa shape index (κ2) is 9.28. The van der Waals surface area contributed by atoms with Crippen LogP contribution < -0.4 is 0 Å². The normalized spacial score (nSPS) is 18.3. The first kappa shape index (κ1) is 19.0. The van der Waals surface area contributed by atoms with Crippen molar-refractivity contribution >= 4 is 11.7 Å². The Labute approximate surface area is 158 Å². The van der Waals surface area contributed by atoms with E-state index >= 15 is 0 Å². The molecular weight excluding hydrogens is 347 g/mol. The molecule has 1 heterocycles. The van der Waals surface area contributed by atoms with Gasteiger partial charge in [0.25, 0.3) is 0 Å². The molecule has 1 saturated heterocycles. The number of carboxylic acids is 1. The van der Waals surface area contributed by atoms with Gasteiger partial charge >= 0.3 is 5.97 Å². The molecule has 0 aliphatic carbocycles. The van der Waals surface area contributed by atoms with Crippen molar-refractivity contribution in [1.82, 2.24) is 4.90 Å². The van der Waals surface area contributed by atoms with E-state index < -0.39 is 5.97 Å². The Bertz CT molecular complexity index is 778. The third-order valence-corrected chi connectivity index (χ3v) is 4.67. The fourth-order valence-electron chi connectivity index (χ4n) is 3.22. The van der Waals surface area contributed by atoms with Crippen LogP contribution >= 0.6 is 0 Å². The molecule has 1 unspecified atom stereocenters. The molecule has 142 valence electrons. The molecule has 1 aliphatic heterocycles. The summed E-state index contributed by atoms with van der Waals surface area (Å²) in [5.74, 6) is -1.34. The van der Waals surface area contributed by atoms with Crippen LogP contribution in [0.25, 0.3) is 0 Å². The highest BCUT2D eigenvalue weighted by molar-refractivity contribution is 6.12. The van der Waals surface area contributed by atoms with E-state index in [-0.39, 0.29) is 11.7 Å². The molecule has 2 aromatic rings. The van der Waals surface area contributed by atoms with Gasteiger partial charge in [-0.25, -0.2) is 4.39 Å². The van der Waals surface area contributed by atoms with Crippen molar-refractivity contribution < 1.29 is 19.1 Å². The van der Waals surface area contributed by atoms with Crippen molar-refractivity contribution in [1.29, 1.82) is 0 Å². The number of likely N-dealkylation sites (tertiary alicyclic amines) is 1. The summed E-state index contributed by atoms with van der Waals surface area (Å²) in [6, 6.07) is 15.7. The number of nitrogens with zero attached hydrogens (tertiary/aromatic N) is 2. The maximum Gasteiger partial charge on any atom is 0.307 e. The van der Waals surface area contributed by atoms with E-state index in [0.717, 1.165) is 30.5 Å². The van der Waals surface area contributed by atoms with Crippen LogP contribution in [0.3, 0.4) is 0 Å². The van der Waals surface area contributed by atoms with Gasteiger partial charge in [0.05, 0.1) is 5.92 Å². The summed E-state index contributed by atoms with van der Waals surface area (Å²) in [7, 11) is 0. The number of aliphatic carboxylic acids is 1. The zero-order chi connectivity index (χ0) is 19.1. The van der Waals surface area contributed by atoms with Gasteiger partial charge in [0.15, 0.2) is 0 Å². The minimum absolute atomic E-state index is 0.301. The molecule has 1 N–H and O–H groups in total. The lowest BCUT2D eigenvalue weighted by Crippen LogP contribution is -2.40. The molecule has 0 bridgehead atoms. The Morgan fingerprint density at radius 3 is 2.56 bits per heavy atom. The minimum atomic E-state index is -0.735. The molecule has 27 heavy (non-hydrogen) atoms. The number of piperidine rings is 1. The summed E-state index contributed by atoms with van der Waals surface area (Å²) in [5.41, 5.74) is 2.29. The molecule has 0 radical (unpaired) electrons. The van der Waals surface area contributed by atoms with Crippen molar-refractivity contribution in [3.63, 3.8) is 0 Å². The Morgan fingerprint density at radius 1 is 1.15 bits per heavy atom. The lowest BCUT2D eigenvalue weighted by atomic mass is 9.98. The highest BCUT2D eigenvalue weighted by Crippen LogP contribution is 2.16. The van der Waals surface area contributed by atoms with Crippen LogP contribution in [0.15, 0.2) is 59.8 Å². The van der Waals surface area contributed by atoms with Crippen LogP contribution in [-0.4, -0.2) is 47.9 Å². The largest absolute Gasteiger partial charge is 0.481 e. The van der Waals surface area contributed by atoms with Gasteiger partial charge in [-0.15, -0.1) is 0 Å². The van der Waals surface area contributed by atoms with Crippen molar-refractivity contribution in [3.8, 4) is 0 Å².